The van der Waals surface area contributed by atoms with Crippen LogP contribution in [0.15, 0.2) is 6.33 Å². The minimum atomic E-state index is -0.592. The van der Waals surface area contributed by atoms with Crippen LogP contribution in [0.25, 0.3) is 0 Å². The van der Waals surface area contributed by atoms with Crippen LogP contribution in [-0.2, 0) is 4.74 Å². The molecule has 0 radical (unpaired) electrons. The van der Waals surface area contributed by atoms with Gasteiger partial charge in [0.2, 0.25) is 11.0 Å². The fraction of sp³-hybridized carbons (Fsp3) is 0.600. The molecule has 1 saturated carbocycles. The van der Waals surface area contributed by atoms with E-state index in [1.165, 1.54) is 6.33 Å². The van der Waals surface area contributed by atoms with Gasteiger partial charge in [-0.3, -0.25) is 10.1 Å². The van der Waals surface area contributed by atoms with E-state index in [1.54, 1.807) is 7.11 Å². The van der Waals surface area contributed by atoms with Crippen LogP contribution < -0.4 is 5.32 Å². The fourth-order valence-corrected chi connectivity index (χ4v) is 2.12. The average molecular weight is 273 g/mol. The summed E-state index contributed by atoms with van der Waals surface area (Å²) in [7, 11) is 1.64. The lowest BCUT2D eigenvalue weighted by Crippen LogP contribution is -2.45. The summed E-state index contributed by atoms with van der Waals surface area (Å²) >= 11 is 5.69. The van der Waals surface area contributed by atoms with Crippen LogP contribution in [-0.4, -0.2) is 34.1 Å². The van der Waals surface area contributed by atoms with Crippen LogP contribution in [0.2, 0.25) is 5.15 Å². The summed E-state index contributed by atoms with van der Waals surface area (Å²) in [6.45, 7) is 0.470. The molecule has 0 unspecified atom stereocenters. The number of nitrogens with zero attached hydrogens (tertiary/aromatic N) is 3. The van der Waals surface area contributed by atoms with Crippen LogP contribution in [0, 0.1) is 10.1 Å². The Labute approximate surface area is 109 Å². The number of hydrogen-bond acceptors (Lipinski definition) is 6. The molecule has 0 aliphatic heterocycles. The Kier molecular flexibility index (Phi) is 3.63. The van der Waals surface area contributed by atoms with E-state index in [0.29, 0.717) is 6.54 Å². The first-order valence-electron chi connectivity index (χ1n) is 5.52. The highest BCUT2D eigenvalue weighted by Gasteiger charge is 2.37. The molecule has 0 saturated heterocycles. The molecule has 1 aliphatic carbocycles. The summed E-state index contributed by atoms with van der Waals surface area (Å²) in [4.78, 5) is 17.8. The molecule has 1 fully saturated rings. The predicted octanol–water partition coefficient (Wildman–Crippen LogP) is 2.02. The molecule has 0 amide bonds. The molecular formula is C10H13ClN4O3. The summed E-state index contributed by atoms with van der Waals surface area (Å²) in [5.41, 5.74) is -0.546. The third-order valence-corrected chi connectivity index (χ3v) is 3.51. The second kappa shape index (κ2) is 5.03. The standard InChI is InChI=1S/C10H13ClN4O3/c1-18-10(3-2-4-10)5-12-9-7(15(16)17)8(11)13-6-14-9/h6H,2-5H2,1H3,(H,12,13,14). The maximum absolute atomic E-state index is 10.9. The smallest absolute Gasteiger partial charge is 0.348 e. The Morgan fingerprint density at radius 2 is 2.33 bits per heavy atom. The number of ether oxygens (including phenoxy) is 1. The lowest BCUT2D eigenvalue weighted by atomic mass is 9.80. The van der Waals surface area contributed by atoms with Crippen molar-refractivity contribution in [1.82, 2.24) is 9.97 Å². The van der Waals surface area contributed by atoms with E-state index in [4.69, 9.17) is 16.3 Å². The van der Waals surface area contributed by atoms with Crippen molar-refractivity contribution in [3.63, 3.8) is 0 Å². The molecule has 0 spiro atoms. The highest BCUT2D eigenvalue weighted by atomic mass is 35.5. The van der Waals surface area contributed by atoms with Gasteiger partial charge in [0.1, 0.15) is 6.33 Å². The molecule has 1 heterocycles. The van der Waals surface area contributed by atoms with Gasteiger partial charge >= 0.3 is 5.69 Å². The summed E-state index contributed by atoms with van der Waals surface area (Å²) < 4.78 is 5.42. The second-order valence-corrected chi connectivity index (χ2v) is 4.57. The number of hydrogen-bond donors (Lipinski definition) is 1. The van der Waals surface area contributed by atoms with Gasteiger partial charge in [0.15, 0.2) is 0 Å². The van der Waals surface area contributed by atoms with Gasteiger partial charge in [-0.15, -0.1) is 0 Å². The fourth-order valence-electron chi connectivity index (χ4n) is 1.92. The van der Waals surface area contributed by atoms with E-state index in [-0.39, 0.29) is 22.3 Å². The SMILES string of the molecule is COC1(CNc2ncnc(Cl)c2[N+](=O)[O-])CCC1. The van der Waals surface area contributed by atoms with Crippen molar-refractivity contribution in [3.8, 4) is 0 Å². The Hall–Kier alpha value is -1.47. The Morgan fingerprint density at radius 3 is 2.83 bits per heavy atom. The molecule has 18 heavy (non-hydrogen) atoms. The van der Waals surface area contributed by atoms with Crippen LogP contribution in [0.3, 0.4) is 0 Å². The zero-order valence-electron chi connectivity index (χ0n) is 9.85. The molecule has 8 heteroatoms. The van der Waals surface area contributed by atoms with Crippen molar-refractivity contribution in [3.05, 3.63) is 21.6 Å². The van der Waals surface area contributed by atoms with Crippen molar-refractivity contribution in [2.45, 2.75) is 24.9 Å². The quantitative estimate of drug-likeness (QED) is 0.501. The summed E-state index contributed by atoms with van der Waals surface area (Å²) in [5, 5.41) is 13.6. The highest BCUT2D eigenvalue weighted by molar-refractivity contribution is 6.31. The lowest BCUT2D eigenvalue weighted by Gasteiger charge is -2.40. The predicted molar refractivity (Wildman–Crippen MR) is 65.8 cm³/mol. The molecule has 1 aromatic rings. The number of anilines is 1. The van der Waals surface area contributed by atoms with Crippen LogP contribution in [0.5, 0.6) is 0 Å². The largest absolute Gasteiger partial charge is 0.376 e. The zero-order valence-corrected chi connectivity index (χ0v) is 10.6. The van der Waals surface area contributed by atoms with Gasteiger partial charge in [-0.2, -0.15) is 0 Å². The summed E-state index contributed by atoms with van der Waals surface area (Å²) in [6, 6.07) is 0. The van der Waals surface area contributed by atoms with Crippen LogP contribution in [0.1, 0.15) is 19.3 Å². The molecule has 98 valence electrons. The maximum atomic E-state index is 10.9. The number of halogens is 1. The first-order valence-corrected chi connectivity index (χ1v) is 5.90. The average Bonchev–Trinajstić information content (AvgIpc) is 2.27. The monoisotopic (exact) mass is 272 g/mol. The number of nitro groups is 1. The molecule has 2 rings (SSSR count). The topological polar surface area (TPSA) is 90.2 Å². The number of methoxy groups -OCH3 is 1. The van der Waals surface area contributed by atoms with Crippen molar-refractivity contribution in [2.75, 3.05) is 19.0 Å². The van der Waals surface area contributed by atoms with Gasteiger partial charge in [-0.1, -0.05) is 11.6 Å². The minimum absolute atomic E-state index is 0.128. The molecule has 1 aliphatic rings. The molecule has 0 bridgehead atoms. The van der Waals surface area contributed by atoms with Crippen molar-refractivity contribution >= 4 is 23.1 Å². The molecule has 1 aromatic heterocycles. The highest BCUT2D eigenvalue weighted by Crippen LogP contribution is 2.36. The molecule has 0 atom stereocenters. The third-order valence-electron chi connectivity index (χ3n) is 3.24. The maximum Gasteiger partial charge on any atom is 0.348 e. The van der Waals surface area contributed by atoms with Gasteiger partial charge < -0.3 is 10.1 Å². The van der Waals surface area contributed by atoms with Gasteiger partial charge in [-0.05, 0) is 19.3 Å². The normalized spacial score (nSPS) is 17.0. The van der Waals surface area contributed by atoms with E-state index in [9.17, 15) is 10.1 Å². The van der Waals surface area contributed by atoms with Crippen LogP contribution in [0.4, 0.5) is 11.5 Å². The minimum Gasteiger partial charge on any atom is -0.376 e. The number of rotatable bonds is 5. The van der Waals surface area contributed by atoms with Gasteiger partial charge in [0.05, 0.1) is 10.5 Å². The van der Waals surface area contributed by atoms with Crippen LogP contribution >= 0.6 is 11.6 Å². The first-order chi connectivity index (χ1) is 8.58. The number of nitrogens with one attached hydrogen (secondary N) is 1. The van der Waals surface area contributed by atoms with Gasteiger partial charge in [0, 0.05) is 13.7 Å². The molecule has 0 aromatic carbocycles. The number of aromatic nitrogens is 2. The van der Waals surface area contributed by atoms with Gasteiger partial charge in [-0.25, -0.2) is 9.97 Å². The zero-order chi connectivity index (χ0) is 13.2. The van der Waals surface area contributed by atoms with E-state index >= 15 is 0 Å². The van der Waals surface area contributed by atoms with Crippen molar-refractivity contribution in [1.29, 1.82) is 0 Å². The van der Waals surface area contributed by atoms with E-state index in [1.807, 2.05) is 0 Å². The van der Waals surface area contributed by atoms with E-state index in [0.717, 1.165) is 19.3 Å². The van der Waals surface area contributed by atoms with E-state index in [2.05, 4.69) is 15.3 Å². The Balaban J connectivity index is 2.14. The Bertz CT molecular complexity index is 459. The van der Waals surface area contributed by atoms with Gasteiger partial charge in [0.25, 0.3) is 0 Å². The van der Waals surface area contributed by atoms with Crippen molar-refractivity contribution < 1.29 is 9.66 Å². The molecular weight excluding hydrogens is 260 g/mol. The Morgan fingerprint density at radius 1 is 1.61 bits per heavy atom. The second-order valence-electron chi connectivity index (χ2n) is 4.21. The van der Waals surface area contributed by atoms with E-state index < -0.39 is 4.92 Å². The molecule has 1 N–H and O–H groups in total. The lowest BCUT2D eigenvalue weighted by molar-refractivity contribution is -0.384. The summed E-state index contributed by atoms with van der Waals surface area (Å²) in [5.74, 6) is 0.128. The molecule has 7 nitrogen and oxygen atoms in total. The summed E-state index contributed by atoms with van der Waals surface area (Å²) in [6.07, 6.45) is 4.16. The van der Waals surface area contributed by atoms with Crippen molar-refractivity contribution in [2.24, 2.45) is 0 Å². The first kappa shape index (κ1) is 13.0. The third kappa shape index (κ3) is 2.37.